The molecule has 0 aromatic rings. The maximum absolute atomic E-state index is 14.7. The van der Waals surface area contributed by atoms with Crippen molar-refractivity contribution in [2.45, 2.75) is 161 Å². The standard InChI is InChI=1S/2C23H32O2P2/c2*1-11-13(3)26(24)15(5)22(11,9)19-17(26)18-20(21(19,7)8)23(10)12(2)14(4)27(18,25)16(23)6/h2*15-16H,1-10H3/t2*15?,16?,22-,23-,26-,27-/m10/s1. The van der Waals surface area contributed by atoms with E-state index in [1.807, 2.05) is 0 Å². The Morgan fingerprint density at radius 1 is 0.333 bits per heavy atom. The van der Waals surface area contributed by atoms with Crippen molar-refractivity contribution in [3.63, 3.8) is 0 Å². The van der Waals surface area contributed by atoms with Crippen LogP contribution in [0.2, 0.25) is 0 Å². The highest BCUT2D eigenvalue weighted by Crippen LogP contribution is 2.98. The first kappa shape index (κ1) is 38.4. The Kier molecular flexibility index (Phi) is 6.74. The summed E-state index contributed by atoms with van der Waals surface area (Å²) in [5.41, 5.74) is 9.99. The van der Waals surface area contributed by atoms with Crippen LogP contribution in [0.25, 0.3) is 0 Å². The molecule has 8 bridgehead atoms. The van der Waals surface area contributed by atoms with Gasteiger partial charge in [-0.15, -0.1) is 0 Å². The third-order valence-electron chi connectivity index (χ3n) is 20.1. The van der Waals surface area contributed by atoms with Crippen LogP contribution in [0.1, 0.15) is 138 Å². The summed E-state index contributed by atoms with van der Waals surface area (Å²) in [5.74, 6) is 0. The van der Waals surface area contributed by atoms with Gasteiger partial charge in [-0.3, -0.25) is 0 Å². The van der Waals surface area contributed by atoms with Gasteiger partial charge in [0.2, 0.25) is 0 Å². The molecule has 12 atom stereocenters. The van der Waals surface area contributed by atoms with Crippen LogP contribution in [0.3, 0.4) is 0 Å². The lowest BCUT2D eigenvalue weighted by Gasteiger charge is -2.44. The molecule has 4 nitrogen and oxygen atoms in total. The zero-order valence-electron chi connectivity index (χ0n) is 36.7. The van der Waals surface area contributed by atoms with E-state index >= 15 is 0 Å². The van der Waals surface area contributed by atoms with Crippen molar-refractivity contribution < 1.29 is 18.3 Å². The van der Waals surface area contributed by atoms with Crippen LogP contribution < -0.4 is 0 Å². The molecule has 0 saturated heterocycles. The van der Waals surface area contributed by atoms with Gasteiger partial charge in [0, 0.05) is 76.4 Å². The second-order valence-corrected chi connectivity index (χ2v) is 34.0. The number of fused-ring (bicyclic) bond motifs is 18. The van der Waals surface area contributed by atoms with Gasteiger partial charge >= 0.3 is 0 Å². The minimum absolute atomic E-state index is 0.101. The first-order chi connectivity index (χ1) is 24.3. The van der Waals surface area contributed by atoms with E-state index in [4.69, 9.17) is 0 Å². The van der Waals surface area contributed by atoms with Gasteiger partial charge < -0.3 is 18.3 Å². The third-order valence-corrected chi connectivity index (χ3v) is 36.7. The van der Waals surface area contributed by atoms with Gasteiger partial charge in [-0.25, -0.2) is 0 Å². The minimum Gasteiger partial charge on any atom is -0.314 e. The number of hydrogen-bond acceptors (Lipinski definition) is 4. The van der Waals surface area contributed by atoms with E-state index in [0.717, 1.165) is 42.5 Å². The molecule has 54 heavy (non-hydrogen) atoms. The van der Waals surface area contributed by atoms with E-state index in [0.29, 0.717) is 0 Å². The zero-order chi connectivity index (χ0) is 40.5. The second-order valence-electron chi connectivity index (χ2n) is 21.1. The lowest BCUT2D eigenvalue weighted by atomic mass is 9.58. The summed E-state index contributed by atoms with van der Waals surface area (Å²) in [6.45, 7) is 44.2. The lowest BCUT2D eigenvalue weighted by Crippen LogP contribution is -2.38. The van der Waals surface area contributed by atoms with Gasteiger partial charge in [-0.1, -0.05) is 105 Å². The lowest BCUT2D eigenvalue weighted by molar-refractivity contribution is 0.327. The van der Waals surface area contributed by atoms with Gasteiger partial charge in [-0.05, 0) is 98.9 Å². The third kappa shape index (κ3) is 2.95. The van der Waals surface area contributed by atoms with E-state index in [2.05, 4.69) is 138 Å². The van der Waals surface area contributed by atoms with Crippen LogP contribution in [0.4, 0.5) is 0 Å². The van der Waals surface area contributed by atoms with Crippen LogP contribution >= 0.6 is 28.6 Å². The molecule has 0 N–H and O–H groups in total. The largest absolute Gasteiger partial charge is 0.314 e. The summed E-state index contributed by atoms with van der Waals surface area (Å²) in [5, 5.41) is 8.61. The van der Waals surface area contributed by atoms with Crippen LogP contribution in [-0.4, -0.2) is 22.6 Å². The molecule has 2 aliphatic carbocycles. The molecule has 0 spiro atoms. The molecule has 8 heterocycles. The maximum Gasteiger partial charge on any atom is 0.143 e. The van der Waals surface area contributed by atoms with Crippen LogP contribution in [0.15, 0.2) is 87.1 Å². The van der Waals surface area contributed by atoms with Gasteiger partial charge in [-0.2, -0.15) is 0 Å². The summed E-state index contributed by atoms with van der Waals surface area (Å²) < 4.78 is 58.7. The number of hydrogen-bond donors (Lipinski definition) is 0. The highest BCUT2D eigenvalue weighted by Gasteiger charge is 2.78. The molecule has 292 valence electrons. The average molecular weight is 805 g/mol. The molecule has 8 heteroatoms. The summed E-state index contributed by atoms with van der Waals surface area (Å²) >= 11 is 0. The smallest absolute Gasteiger partial charge is 0.143 e. The molecule has 0 fully saturated rings. The number of allylic oxidation sites excluding steroid dienone is 16. The van der Waals surface area contributed by atoms with Gasteiger partial charge in [0.1, 0.15) is 28.6 Å². The van der Waals surface area contributed by atoms with E-state index < -0.39 is 28.6 Å². The SMILES string of the molecule is CC1=C(C)[P@@]2(=O)C3=C(C(C)(C)C4=C3[P@]3(=O)C(C)=C(C)[C@@]4(C)C3C)[C@]1(C)C2C.CC1=C(C)[P@]2(=O)C3=C(C(C)(C)C4=C3[P@@]3(=O)C(C)=C(C)[C@]4(C)C3C)[C@@]1(C)C2C. The maximum atomic E-state index is 14.7. The molecule has 0 aromatic carbocycles. The number of rotatable bonds is 0. The van der Waals surface area contributed by atoms with Gasteiger partial charge in [0.25, 0.3) is 0 Å². The summed E-state index contributed by atoms with van der Waals surface area (Å²) in [6.07, 6.45) is 0. The van der Waals surface area contributed by atoms with E-state index in [-0.39, 0.29) is 55.1 Å². The molecule has 0 aromatic heterocycles. The van der Waals surface area contributed by atoms with Crippen molar-refractivity contribution in [3.05, 3.63) is 87.1 Å². The summed E-state index contributed by atoms with van der Waals surface area (Å²) in [7, 11) is -10.8. The predicted molar refractivity (Wildman–Crippen MR) is 230 cm³/mol. The summed E-state index contributed by atoms with van der Waals surface area (Å²) in [6, 6.07) is 0. The Hall–Kier alpha value is -1.16. The Morgan fingerprint density at radius 3 is 0.630 bits per heavy atom. The first-order valence-corrected chi connectivity index (χ1v) is 27.6. The Balaban J connectivity index is 0.000000142. The molecule has 4 unspecified atom stereocenters. The normalized spacial score (nSPS) is 51.9. The fourth-order valence-corrected chi connectivity index (χ4v) is 35.4. The monoisotopic (exact) mass is 804 g/mol. The van der Waals surface area contributed by atoms with Gasteiger partial charge in [0.05, 0.1) is 0 Å². The highest BCUT2D eigenvalue weighted by atomic mass is 31.2. The van der Waals surface area contributed by atoms with Gasteiger partial charge in [0.15, 0.2) is 0 Å². The quantitative estimate of drug-likeness (QED) is 0.229. The fourth-order valence-electron chi connectivity index (χ4n) is 16.2. The molecule has 10 rings (SSSR count). The predicted octanol–water partition coefficient (Wildman–Crippen LogP) is 15.4. The Bertz CT molecular complexity index is 2220. The zero-order valence-corrected chi connectivity index (χ0v) is 40.3. The second kappa shape index (κ2) is 9.49. The Labute approximate surface area is 326 Å². The minimum atomic E-state index is -2.70. The van der Waals surface area contributed by atoms with Crippen molar-refractivity contribution in [2.24, 2.45) is 32.5 Å². The Morgan fingerprint density at radius 2 is 0.481 bits per heavy atom. The van der Waals surface area contributed by atoms with E-state index in [9.17, 15) is 18.3 Å². The van der Waals surface area contributed by atoms with Crippen molar-refractivity contribution in [1.29, 1.82) is 0 Å². The van der Waals surface area contributed by atoms with Crippen molar-refractivity contribution in [2.75, 3.05) is 0 Å². The molecule has 0 amide bonds. The van der Waals surface area contributed by atoms with E-state index in [1.165, 1.54) is 44.6 Å². The van der Waals surface area contributed by atoms with Crippen molar-refractivity contribution in [1.82, 2.24) is 0 Å². The van der Waals surface area contributed by atoms with Crippen LogP contribution in [-0.2, 0) is 18.3 Å². The molecule has 0 saturated carbocycles. The van der Waals surface area contributed by atoms with Crippen LogP contribution in [0, 0.1) is 32.5 Å². The van der Waals surface area contributed by atoms with Crippen molar-refractivity contribution in [3.8, 4) is 0 Å². The molecule has 10 aliphatic rings. The fraction of sp³-hybridized carbons (Fsp3) is 0.652. The molecular weight excluding hydrogens is 740 g/mol. The summed E-state index contributed by atoms with van der Waals surface area (Å²) in [4.78, 5) is 0. The first-order valence-electron chi connectivity index (χ1n) is 20.5. The highest BCUT2D eigenvalue weighted by molar-refractivity contribution is 7.80. The topological polar surface area (TPSA) is 68.3 Å². The van der Waals surface area contributed by atoms with E-state index in [1.54, 1.807) is 0 Å². The molecule has 0 radical (unpaired) electrons. The van der Waals surface area contributed by atoms with Crippen LogP contribution in [0.5, 0.6) is 0 Å². The average Bonchev–Trinajstić information content (AvgIpc) is 3.86. The molecular formula is C46H64O4P4. The van der Waals surface area contributed by atoms with Crippen molar-refractivity contribution >= 4 is 28.6 Å². The molecule has 8 aliphatic heterocycles.